The number of fused-ring (bicyclic) bond motifs is 2. The van der Waals surface area contributed by atoms with Crippen molar-refractivity contribution in [2.45, 2.75) is 44.7 Å². The standard InChI is InChI=1S/C25H27FN4O3/c26-19-7-5-17(6-8-19)22-14-30-21(24(25(27)32)28-23(30)15-33-22)11-20(31)13-29-10-9-16-3-1-2-4-18(16)12-29/h1-8,20,22,31H,9-15H2,(H2,27,32)/t20-,22?/m0/s1. The number of β-amino-alcohol motifs (C(OH)–C–C–N with tert-alkyl or cyclic N) is 1. The Bertz CT molecular complexity index is 1160. The average molecular weight is 451 g/mol. The third-order valence-electron chi connectivity index (χ3n) is 6.50. The summed E-state index contributed by atoms with van der Waals surface area (Å²) in [7, 11) is 0. The van der Waals surface area contributed by atoms with Crippen LogP contribution in [0.15, 0.2) is 48.5 Å². The highest BCUT2D eigenvalue weighted by Crippen LogP contribution is 2.29. The topological polar surface area (TPSA) is 93.6 Å². The van der Waals surface area contributed by atoms with Crippen LogP contribution in [0, 0.1) is 5.82 Å². The van der Waals surface area contributed by atoms with Crippen LogP contribution in [0.25, 0.3) is 0 Å². The van der Waals surface area contributed by atoms with Crippen molar-refractivity contribution in [2.75, 3.05) is 13.1 Å². The van der Waals surface area contributed by atoms with Gasteiger partial charge in [-0.25, -0.2) is 9.37 Å². The number of rotatable bonds is 6. The number of hydrogen-bond donors (Lipinski definition) is 2. The Morgan fingerprint density at radius 1 is 1.21 bits per heavy atom. The van der Waals surface area contributed by atoms with Gasteiger partial charge in [-0.1, -0.05) is 36.4 Å². The molecule has 2 aliphatic rings. The first-order valence-electron chi connectivity index (χ1n) is 11.2. The summed E-state index contributed by atoms with van der Waals surface area (Å²) in [5.74, 6) is -0.321. The fraction of sp³-hybridized carbons (Fsp3) is 0.360. The van der Waals surface area contributed by atoms with E-state index in [4.69, 9.17) is 10.5 Å². The summed E-state index contributed by atoms with van der Waals surface area (Å²) in [6.07, 6.45) is 0.233. The molecule has 33 heavy (non-hydrogen) atoms. The van der Waals surface area contributed by atoms with Gasteiger partial charge in [-0.05, 0) is 35.2 Å². The first-order chi connectivity index (χ1) is 16.0. The highest BCUT2D eigenvalue weighted by atomic mass is 19.1. The third kappa shape index (κ3) is 4.55. The van der Waals surface area contributed by atoms with Crippen molar-refractivity contribution in [1.29, 1.82) is 0 Å². The van der Waals surface area contributed by atoms with E-state index in [9.17, 15) is 14.3 Å². The summed E-state index contributed by atoms with van der Waals surface area (Å²) < 4.78 is 21.2. The number of carbonyl (C=O) groups excluding carboxylic acids is 1. The molecule has 2 aromatic carbocycles. The number of primary amides is 1. The van der Waals surface area contributed by atoms with E-state index in [1.807, 2.05) is 10.6 Å². The normalized spacial score (nSPS) is 19.0. The van der Waals surface area contributed by atoms with Crippen molar-refractivity contribution < 1.29 is 19.0 Å². The van der Waals surface area contributed by atoms with E-state index in [0.717, 1.165) is 25.1 Å². The number of imidazole rings is 1. The minimum atomic E-state index is -0.679. The zero-order valence-electron chi connectivity index (χ0n) is 18.3. The smallest absolute Gasteiger partial charge is 0.269 e. The van der Waals surface area contributed by atoms with Crippen LogP contribution in [0.5, 0.6) is 0 Å². The lowest BCUT2D eigenvalue weighted by molar-refractivity contribution is -0.000975. The predicted octanol–water partition coefficient (Wildman–Crippen LogP) is 2.35. The molecule has 3 heterocycles. The number of carbonyl (C=O) groups is 1. The lowest BCUT2D eigenvalue weighted by Crippen LogP contribution is -2.38. The van der Waals surface area contributed by atoms with Gasteiger partial charge in [0.25, 0.3) is 5.91 Å². The largest absolute Gasteiger partial charge is 0.391 e. The van der Waals surface area contributed by atoms with E-state index in [2.05, 4.69) is 28.1 Å². The van der Waals surface area contributed by atoms with Crippen molar-refractivity contribution >= 4 is 5.91 Å². The fourth-order valence-corrected chi connectivity index (χ4v) is 4.84. The van der Waals surface area contributed by atoms with Crippen molar-refractivity contribution in [3.8, 4) is 0 Å². The number of aliphatic hydroxyl groups excluding tert-OH is 1. The van der Waals surface area contributed by atoms with E-state index in [-0.39, 0.29) is 30.6 Å². The molecule has 0 fully saturated rings. The third-order valence-corrected chi connectivity index (χ3v) is 6.50. The molecule has 1 aromatic heterocycles. The number of ether oxygens (including phenoxy) is 1. The Morgan fingerprint density at radius 2 is 1.97 bits per heavy atom. The maximum atomic E-state index is 13.3. The molecule has 7 nitrogen and oxygen atoms in total. The van der Waals surface area contributed by atoms with Crippen LogP contribution in [0.2, 0.25) is 0 Å². The van der Waals surface area contributed by atoms with Gasteiger partial charge in [0.15, 0.2) is 0 Å². The number of amides is 1. The molecule has 3 N–H and O–H groups in total. The molecule has 0 aliphatic carbocycles. The number of nitrogens with two attached hydrogens (primary N) is 1. The lowest BCUT2D eigenvalue weighted by Gasteiger charge is -2.31. The summed E-state index contributed by atoms with van der Waals surface area (Å²) in [4.78, 5) is 18.7. The van der Waals surface area contributed by atoms with E-state index in [1.165, 1.54) is 23.3 Å². The Morgan fingerprint density at radius 3 is 2.73 bits per heavy atom. The van der Waals surface area contributed by atoms with Gasteiger partial charge < -0.3 is 20.1 Å². The number of halogens is 1. The molecule has 0 saturated carbocycles. The van der Waals surface area contributed by atoms with Crippen LogP contribution in [-0.2, 0) is 37.3 Å². The second kappa shape index (κ2) is 9.05. The Kier molecular flexibility index (Phi) is 5.97. The van der Waals surface area contributed by atoms with Gasteiger partial charge in [0.05, 0.1) is 18.3 Å². The second-order valence-corrected chi connectivity index (χ2v) is 8.76. The predicted molar refractivity (Wildman–Crippen MR) is 120 cm³/mol. The molecule has 0 radical (unpaired) electrons. The van der Waals surface area contributed by atoms with Gasteiger partial charge in [-0.2, -0.15) is 0 Å². The number of benzene rings is 2. The Labute approximate surface area is 191 Å². The molecule has 1 amide bonds. The molecule has 172 valence electrons. The summed E-state index contributed by atoms with van der Waals surface area (Å²) in [5.41, 5.74) is 9.90. The van der Waals surface area contributed by atoms with Gasteiger partial charge in [0.1, 0.15) is 30.0 Å². The van der Waals surface area contributed by atoms with Gasteiger partial charge in [0, 0.05) is 26.1 Å². The van der Waals surface area contributed by atoms with Gasteiger partial charge >= 0.3 is 0 Å². The molecule has 0 saturated heterocycles. The number of aliphatic hydroxyl groups is 1. The zero-order chi connectivity index (χ0) is 22.9. The first-order valence-corrected chi connectivity index (χ1v) is 11.2. The highest BCUT2D eigenvalue weighted by Gasteiger charge is 2.30. The van der Waals surface area contributed by atoms with Crippen molar-refractivity contribution in [2.24, 2.45) is 5.73 Å². The van der Waals surface area contributed by atoms with Crippen LogP contribution in [0.1, 0.15) is 44.8 Å². The number of nitrogens with zero attached hydrogens (tertiary/aromatic N) is 3. The summed E-state index contributed by atoms with van der Waals surface area (Å²) in [5, 5.41) is 10.9. The molecule has 5 rings (SSSR count). The highest BCUT2D eigenvalue weighted by molar-refractivity contribution is 5.92. The molecule has 1 unspecified atom stereocenters. The monoisotopic (exact) mass is 450 g/mol. The summed E-state index contributed by atoms with van der Waals surface area (Å²) in [6, 6.07) is 14.6. The van der Waals surface area contributed by atoms with E-state index in [1.54, 1.807) is 12.1 Å². The maximum Gasteiger partial charge on any atom is 0.269 e. The van der Waals surface area contributed by atoms with Crippen molar-refractivity contribution in [3.05, 3.63) is 88.3 Å². The van der Waals surface area contributed by atoms with Gasteiger partial charge in [-0.15, -0.1) is 0 Å². The molecule has 2 aliphatic heterocycles. The second-order valence-electron chi connectivity index (χ2n) is 8.76. The molecule has 2 atom stereocenters. The summed E-state index contributed by atoms with van der Waals surface area (Å²) in [6.45, 7) is 2.79. The minimum Gasteiger partial charge on any atom is -0.391 e. The van der Waals surface area contributed by atoms with Crippen LogP contribution in [-0.4, -0.2) is 44.7 Å². The molecule has 0 spiro atoms. The quantitative estimate of drug-likeness (QED) is 0.601. The van der Waals surface area contributed by atoms with Crippen molar-refractivity contribution in [3.63, 3.8) is 0 Å². The Hall–Kier alpha value is -3.07. The molecule has 3 aromatic rings. The fourth-order valence-electron chi connectivity index (χ4n) is 4.84. The van der Waals surface area contributed by atoms with E-state index < -0.39 is 12.0 Å². The first kappa shape index (κ1) is 21.8. The molecular formula is C25H27FN4O3. The van der Waals surface area contributed by atoms with Crippen LogP contribution >= 0.6 is 0 Å². The van der Waals surface area contributed by atoms with Gasteiger partial charge in [-0.3, -0.25) is 9.69 Å². The van der Waals surface area contributed by atoms with Gasteiger partial charge in [0.2, 0.25) is 0 Å². The van der Waals surface area contributed by atoms with E-state index >= 15 is 0 Å². The molecule has 8 heteroatoms. The van der Waals surface area contributed by atoms with Crippen LogP contribution < -0.4 is 5.73 Å². The number of hydrogen-bond acceptors (Lipinski definition) is 5. The maximum absolute atomic E-state index is 13.3. The van der Waals surface area contributed by atoms with Crippen LogP contribution in [0.4, 0.5) is 4.39 Å². The molecule has 0 bridgehead atoms. The average Bonchev–Trinajstić information content (AvgIpc) is 3.17. The van der Waals surface area contributed by atoms with Crippen molar-refractivity contribution in [1.82, 2.24) is 14.5 Å². The SMILES string of the molecule is NC(=O)c1nc2n(c1C[C@H](O)CN1CCc3ccccc3C1)CC(c1ccc(F)cc1)OC2. The Balaban J connectivity index is 1.33. The van der Waals surface area contributed by atoms with E-state index in [0.29, 0.717) is 24.6 Å². The summed E-state index contributed by atoms with van der Waals surface area (Å²) >= 11 is 0. The number of aromatic nitrogens is 2. The van der Waals surface area contributed by atoms with Crippen LogP contribution in [0.3, 0.4) is 0 Å². The minimum absolute atomic E-state index is 0.177. The zero-order valence-corrected chi connectivity index (χ0v) is 18.3. The molecular weight excluding hydrogens is 423 g/mol. The lowest BCUT2D eigenvalue weighted by atomic mass is 9.99.